The first-order valence-corrected chi connectivity index (χ1v) is 5.91. The second-order valence-corrected chi connectivity index (χ2v) is 4.54. The molecule has 6 nitrogen and oxygen atoms in total. The Hall–Kier alpha value is -1.30. The summed E-state index contributed by atoms with van der Waals surface area (Å²) in [5.74, 6) is -0.951. The maximum absolute atomic E-state index is 11.8. The van der Waals surface area contributed by atoms with Crippen LogP contribution in [0.25, 0.3) is 0 Å². The first-order chi connectivity index (χ1) is 8.04. The minimum Gasteiger partial charge on any atom is -0.481 e. The minimum atomic E-state index is -0.860. The minimum absolute atomic E-state index is 0.0453. The normalized spacial score (nSPS) is 16.4. The Morgan fingerprint density at radius 2 is 2.12 bits per heavy atom. The maximum Gasteiger partial charge on any atom is 0.317 e. The molecule has 1 aliphatic rings. The topological polar surface area (TPSA) is 89.9 Å². The number of hydrogen-bond acceptors (Lipinski definition) is 3. The van der Waals surface area contributed by atoms with E-state index in [4.69, 9.17) is 10.2 Å². The summed E-state index contributed by atoms with van der Waals surface area (Å²) in [6.45, 7) is 2.42. The van der Waals surface area contributed by atoms with E-state index in [1.165, 1.54) is 0 Å². The van der Waals surface area contributed by atoms with Gasteiger partial charge in [0, 0.05) is 25.6 Å². The van der Waals surface area contributed by atoms with Crippen molar-refractivity contribution in [2.45, 2.75) is 32.2 Å². The predicted molar refractivity (Wildman–Crippen MR) is 61.6 cm³/mol. The van der Waals surface area contributed by atoms with Gasteiger partial charge in [-0.05, 0) is 18.8 Å². The molecule has 0 heterocycles. The van der Waals surface area contributed by atoms with Gasteiger partial charge in [-0.25, -0.2) is 4.79 Å². The summed E-state index contributed by atoms with van der Waals surface area (Å²) < 4.78 is 0. The molecule has 0 spiro atoms. The van der Waals surface area contributed by atoms with E-state index in [0.717, 1.165) is 12.8 Å². The van der Waals surface area contributed by atoms with Gasteiger partial charge in [0.05, 0.1) is 6.61 Å². The van der Waals surface area contributed by atoms with Gasteiger partial charge in [-0.15, -0.1) is 0 Å². The van der Waals surface area contributed by atoms with Gasteiger partial charge in [-0.3, -0.25) is 4.79 Å². The van der Waals surface area contributed by atoms with Crippen LogP contribution in [0.4, 0.5) is 4.79 Å². The number of urea groups is 1. The van der Waals surface area contributed by atoms with Crippen molar-refractivity contribution in [3.8, 4) is 0 Å². The lowest BCUT2D eigenvalue weighted by atomic mass is 10.1. The summed E-state index contributed by atoms with van der Waals surface area (Å²) in [6, 6.07) is 0.0377. The van der Waals surface area contributed by atoms with Crippen LogP contribution in [-0.4, -0.2) is 52.9 Å². The molecule has 0 saturated heterocycles. The van der Waals surface area contributed by atoms with E-state index in [2.05, 4.69) is 5.32 Å². The standard InChI is InChI=1S/C11H20N2O4/c1-8(6-10(15)16)7-12-11(17)13(4-5-14)9-2-3-9/h8-9,14H,2-7H2,1H3,(H,12,17)(H,15,16). The second kappa shape index (κ2) is 6.44. The van der Waals surface area contributed by atoms with Crippen molar-refractivity contribution in [2.24, 2.45) is 5.92 Å². The first kappa shape index (κ1) is 13.8. The van der Waals surface area contributed by atoms with Crippen LogP contribution in [0, 0.1) is 5.92 Å². The van der Waals surface area contributed by atoms with Crippen LogP contribution >= 0.6 is 0 Å². The molecule has 0 aromatic rings. The number of aliphatic hydroxyl groups excluding tert-OH is 1. The Labute approximate surface area is 101 Å². The van der Waals surface area contributed by atoms with E-state index in [-0.39, 0.29) is 31.0 Å². The van der Waals surface area contributed by atoms with Crippen molar-refractivity contribution >= 4 is 12.0 Å². The quantitative estimate of drug-likeness (QED) is 0.599. The summed E-state index contributed by atoms with van der Waals surface area (Å²) >= 11 is 0. The highest BCUT2D eigenvalue weighted by Crippen LogP contribution is 2.26. The molecule has 0 aliphatic heterocycles. The van der Waals surface area contributed by atoms with Gasteiger partial charge in [0.2, 0.25) is 0 Å². The van der Waals surface area contributed by atoms with E-state index in [1.54, 1.807) is 11.8 Å². The van der Waals surface area contributed by atoms with E-state index in [9.17, 15) is 9.59 Å². The van der Waals surface area contributed by atoms with E-state index in [1.807, 2.05) is 0 Å². The molecule has 17 heavy (non-hydrogen) atoms. The molecule has 0 aromatic carbocycles. The number of amides is 2. The molecule has 0 radical (unpaired) electrons. The molecular weight excluding hydrogens is 224 g/mol. The smallest absolute Gasteiger partial charge is 0.317 e. The summed E-state index contributed by atoms with van der Waals surface area (Å²) in [7, 11) is 0. The average molecular weight is 244 g/mol. The number of carbonyl (C=O) groups is 2. The van der Waals surface area contributed by atoms with E-state index in [0.29, 0.717) is 13.1 Å². The maximum atomic E-state index is 11.8. The molecule has 98 valence electrons. The lowest BCUT2D eigenvalue weighted by Crippen LogP contribution is -2.44. The van der Waals surface area contributed by atoms with Crippen molar-refractivity contribution in [1.82, 2.24) is 10.2 Å². The van der Waals surface area contributed by atoms with Gasteiger partial charge in [0.1, 0.15) is 0 Å². The number of nitrogens with zero attached hydrogens (tertiary/aromatic N) is 1. The number of hydrogen-bond donors (Lipinski definition) is 3. The Morgan fingerprint density at radius 3 is 2.59 bits per heavy atom. The molecule has 1 saturated carbocycles. The molecule has 1 fully saturated rings. The zero-order valence-corrected chi connectivity index (χ0v) is 10.1. The van der Waals surface area contributed by atoms with Crippen molar-refractivity contribution in [2.75, 3.05) is 19.7 Å². The Morgan fingerprint density at radius 1 is 1.47 bits per heavy atom. The fourth-order valence-electron chi connectivity index (χ4n) is 1.68. The molecule has 2 amide bonds. The summed E-state index contributed by atoms with van der Waals surface area (Å²) in [4.78, 5) is 23.8. The van der Waals surface area contributed by atoms with Gasteiger partial charge in [0.25, 0.3) is 0 Å². The fraction of sp³-hybridized carbons (Fsp3) is 0.818. The van der Waals surface area contributed by atoms with E-state index < -0.39 is 5.97 Å². The average Bonchev–Trinajstić information content (AvgIpc) is 3.05. The van der Waals surface area contributed by atoms with Crippen molar-refractivity contribution in [1.29, 1.82) is 0 Å². The number of carbonyl (C=O) groups excluding carboxylic acids is 1. The predicted octanol–water partition coefficient (Wildman–Crippen LogP) is 0.263. The van der Waals surface area contributed by atoms with E-state index >= 15 is 0 Å². The lowest BCUT2D eigenvalue weighted by molar-refractivity contribution is -0.137. The Balaban J connectivity index is 2.29. The molecule has 3 N–H and O–H groups in total. The third-order valence-electron chi connectivity index (χ3n) is 2.71. The fourth-order valence-corrected chi connectivity index (χ4v) is 1.68. The highest BCUT2D eigenvalue weighted by Gasteiger charge is 2.32. The third kappa shape index (κ3) is 5.04. The molecule has 1 rings (SSSR count). The highest BCUT2D eigenvalue weighted by molar-refractivity contribution is 5.75. The Bertz CT molecular complexity index is 279. The SMILES string of the molecule is CC(CNC(=O)N(CCO)C1CC1)CC(=O)O. The number of aliphatic hydroxyl groups is 1. The second-order valence-electron chi connectivity index (χ2n) is 4.54. The summed E-state index contributed by atoms with van der Waals surface area (Å²) in [5.41, 5.74) is 0. The molecule has 6 heteroatoms. The van der Waals surface area contributed by atoms with Gasteiger partial charge in [-0.1, -0.05) is 6.92 Å². The van der Waals surface area contributed by atoms with Gasteiger partial charge in [0.15, 0.2) is 0 Å². The molecule has 1 atom stereocenters. The number of carboxylic acid groups (broad SMARTS) is 1. The largest absolute Gasteiger partial charge is 0.481 e. The number of aliphatic carboxylic acids is 1. The zero-order valence-electron chi connectivity index (χ0n) is 10.1. The van der Waals surface area contributed by atoms with Crippen molar-refractivity contribution in [3.05, 3.63) is 0 Å². The molecular formula is C11H20N2O4. The molecule has 0 bridgehead atoms. The molecule has 0 aromatic heterocycles. The van der Waals surface area contributed by atoms with Crippen LogP contribution in [0.15, 0.2) is 0 Å². The monoisotopic (exact) mass is 244 g/mol. The Kier molecular flexibility index (Phi) is 5.21. The van der Waals surface area contributed by atoms with Crippen molar-refractivity contribution < 1.29 is 19.8 Å². The number of nitrogens with one attached hydrogen (secondary N) is 1. The third-order valence-corrected chi connectivity index (χ3v) is 2.71. The van der Waals surface area contributed by atoms with Crippen LogP contribution in [0.1, 0.15) is 26.2 Å². The first-order valence-electron chi connectivity index (χ1n) is 5.91. The van der Waals surface area contributed by atoms with Crippen LogP contribution in [0.3, 0.4) is 0 Å². The van der Waals surface area contributed by atoms with Gasteiger partial charge < -0.3 is 20.4 Å². The summed E-state index contributed by atoms with van der Waals surface area (Å²) in [5, 5.41) is 20.2. The summed E-state index contributed by atoms with van der Waals surface area (Å²) in [6.07, 6.45) is 2.01. The van der Waals surface area contributed by atoms with Crippen molar-refractivity contribution in [3.63, 3.8) is 0 Å². The number of rotatable bonds is 7. The highest BCUT2D eigenvalue weighted by atomic mass is 16.4. The molecule has 1 aliphatic carbocycles. The van der Waals surface area contributed by atoms with Crippen LogP contribution in [-0.2, 0) is 4.79 Å². The zero-order chi connectivity index (χ0) is 12.8. The lowest BCUT2D eigenvalue weighted by Gasteiger charge is -2.22. The van der Waals surface area contributed by atoms with Gasteiger partial charge in [-0.2, -0.15) is 0 Å². The van der Waals surface area contributed by atoms with Gasteiger partial charge >= 0.3 is 12.0 Å². The van der Waals surface area contributed by atoms with Crippen LogP contribution in [0.5, 0.6) is 0 Å². The van der Waals surface area contributed by atoms with Crippen LogP contribution in [0.2, 0.25) is 0 Å². The number of carboxylic acids is 1. The van der Waals surface area contributed by atoms with Crippen LogP contribution < -0.4 is 5.32 Å². The molecule has 1 unspecified atom stereocenters.